The lowest BCUT2D eigenvalue weighted by molar-refractivity contribution is -0.137. The van der Waals surface area contributed by atoms with Crippen molar-refractivity contribution in [3.63, 3.8) is 0 Å². The van der Waals surface area contributed by atoms with Crippen LogP contribution in [-0.2, 0) is 9.59 Å². The molecule has 0 radical (unpaired) electrons. The maximum Gasteiger partial charge on any atom is 0.323 e. The fourth-order valence-corrected chi connectivity index (χ4v) is 2.69. The van der Waals surface area contributed by atoms with Crippen molar-refractivity contribution in [1.82, 2.24) is 10.2 Å². The van der Waals surface area contributed by atoms with Crippen LogP contribution in [0.25, 0.3) is 0 Å². The van der Waals surface area contributed by atoms with Crippen LogP contribution in [0.2, 0.25) is 0 Å². The van der Waals surface area contributed by atoms with E-state index in [-0.39, 0.29) is 12.6 Å². The van der Waals surface area contributed by atoms with Crippen LogP contribution in [-0.4, -0.2) is 47.0 Å². The number of hydrogen-bond donors (Lipinski definition) is 3. The van der Waals surface area contributed by atoms with Crippen LogP contribution in [0.4, 0.5) is 4.79 Å². The monoisotopic (exact) mass is 285 g/mol. The average Bonchev–Trinajstić information content (AvgIpc) is 2.37. The predicted molar refractivity (Wildman–Crippen MR) is 73.0 cm³/mol. The minimum Gasteiger partial charge on any atom is -0.480 e. The third kappa shape index (κ3) is 5.07. The minimum absolute atomic E-state index is 0.0467. The lowest BCUT2D eigenvalue weighted by Crippen LogP contribution is -2.51. The molecule has 0 aromatic rings. The highest BCUT2D eigenvalue weighted by molar-refractivity contribution is 5.86. The van der Waals surface area contributed by atoms with Gasteiger partial charge in [-0.05, 0) is 18.8 Å². The Morgan fingerprint density at radius 3 is 2.45 bits per heavy atom. The average molecular weight is 285 g/mol. The molecule has 7 heteroatoms. The molecule has 1 aliphatic rings. The molecule has 2 unspecified atom stereocenters. The number of carbonyl (C=O) groups excluding carboxylic acids is 2. The number of urea groups is 1. The molecule has 3 amide bonds. The topological polar surface area (TPSA) is 113 Å². The van der Waals surface area contributed by atoms with Gasteiger partial charge in [-0.3, -0.25) is 9.59 Å². The maximum atomic E-state index is 12.1. The second kappa shape index (κ2) is 7.72. The van der Waals surface area contributed by atoms with Gasteiger partial charge in [0.25, 0.3) is 0 Å². The quantitative estimate of drug-likeness (QED) is 0.661. The Bertz CT molecular complexity index is 357. The zero-order chi connectivity index (χ0) is 15.1. The third-order valence-corrected chi connectivity index (χ3v) is 3.70. The summed E-state index contributed by atoms with van der Waals surface area (Å²) in [6, 6.07) is -0.484. The Balaban J connectivity index is 2.63. The zero-order valence-electron chi connectivity index (χ0n) is 11.8. The molecule has 1 rings (SSSR count). The number of aliphatic carboxylic acids is 1. The fraction of sp³-hybridized carbons (Fsp3) is 0.769. The van der Waals surface area contributed by atoms with E-state index in [1.165, 1.54) is 0 Å². The zero-order valence-corrected chi connectivity index (χ0v) is 11.8. The first-order chi connectivity index (χ1) is 9.43. The van der Waals surface area contributed by atoms with Crippen molar-refractivity contribution in [2.24, 2.45) is 11.7 Å². The molecule has 1 aliphatic carbocycles. The van der Waals surface area contributed by atoms with E-state index in [0.717, 1.165) is 37.0 Å². The van der Waals surface area contributed by atoms with Crippen LogP contribution in [0.1, 0.15) is 39.0 Å². The van der Waals surface area contributed by atoms with Gasteiger partial charge in [-0.15, -0.1) is 0 Å². The highest BCUT2D eigenvalue weighted by atomic mass is 16.4. The molecule has 0 spiro atoms. The van der Waals surface area contributed by atoms with Crippen molar-refractivity contribution >= 4 is 17.9 Å². The molecule has 0 aromatic heterocycles. The molecule has 20 heavy (non-hydrogen) atoms. The van der Waals surface area contributed by atoms with E-state index in [1.807, 2.05) is 0 Å². The first-order valence-corrected chi connectivity index (χ1v) is 6.99. The van der Waals surface area contributed by atoms with Crippen LogP contribution >= 0.6 is 0 Å². The summed E-state index contributed by atoms with van der Waals surface area (Å²) in [5.41, 5.74) is 5.04. The molecular weight excluding hydrogens is 262 g/mol. The van der Waals surface area contributed by atoms with Gasteiger partial charge in [0, 0.05) is 6.04 Å². The van der Waals surface area contributed by atoms with Crippen molar-refractivity contribution in [3.8, 4) is 0 Å². The SMILES string of the molecule is CCC1CCCCC1NC(=O)N(CC(N)=O)CC(=O)O. The van der Waals surface area contributed by atoms with E-state index in [0.29, 0.717) is 5.92 Å². The number of nitrogens with one attached hydrogen (secondary N) is 1. The highest BCUT2D eigenvalue weighted by Crippen LogP contribution is 2.26. The van der Waals surface area contributed by atoms with Gasteiger partial charge in [-0.2, -0.15) is 0 Å². The fourth-order valence-electron chi connectivity index (χ4n) is 2.69. The Morgan fingerprint density at radius 2 is 1.90 bits per heavy atom. The first kappa shape index (κ1) is 16.3. The number of carbonyl (C=O) groups is 3. The van der Waals surface area contributed by atoms with Crippen LogP contribution in [0.3, 0.4) is 0 Å². The maximum absolute atomic E-state index is 12.1. The standard InChI is InChI=1S/C13H23N3O4/c1-2-9-5-3-4-6-10(9)15-13(20)16(7-11(14)17)8-12(18)19/h9-10H,2-8H2,1H3,(H2,14,17)(H,15,20)(H,18,19). The minimum atomic E-state index is -1.17. The lowest BCUT2D eigenvalue weighted by atomic mass is 9.83. The summed E-state index contributed by atoms with van der Waals surface area (Å²) in [6.07, 6.45) is 5.14. The molecule has 4 N–H and O–H groups in total. The van der Waals surface area contributed by atoms with Gasteiger partial charge in [0.15, 0.2) is 0 Å². The number of nitrogens with two attached hydrogens (primary N) is 1. The smallest absolute Gasteiger partial charge is 0.323 e. The van der Waals surface area contributed by atoms with Gasteiger partial charge in [-0.1, -0.05) is 26.2 Å². The molecule has 7 nitrogen and oxygen atoms in total. The molecule has 0 aromatic carbocycles. The van der Waals surface area contributed by atoms with Gasteiger partial charge < -0.3 is 21.1 Å². The molecule has 1 fully saturated rings. The summed E-state index contributed by atoms with van der Waals surface area (Å²) in [6.45, 7) is 1.16. The number of amides is 3. The summed E-state index contributed by atoms with van der Waals surface area (Å²) >= 11 is 0. The first-order valence-electron chi connectivity index (χ1n) is 6.99. The summed E-state index contributed by atoms with van der Waals surface area (Å²) in [5.74, 6) is -1.48. The van der Waals surface area contributed by atoms with E-state index in [1.54, 1.807) is 0 Å². The third-order valence-electron chi connectivity index (χ3n) is 3.70. The number of carboxylic acid groups (broad SMARTS) is 1. The van der Waals surface area contributed by atoms with Gasteiger partial charge in [-0.25, -0.2) is 4.79 Å². The largest absolute Gasteiger partial charge is 0.480 e. The number of carboxylic acids is 1. The Morgan fingerprint density at radius 1 is 1.25 bits per heavy atom. The van der Waals surface area contributed by atoms with E-state index in [2.05, 4.69) is 12.2 Å². The van der Waals surface area contributed by atoms with Crippen molar-refractivity contribution in [3.05, 3.63) is 0 Å². The number of primary amides is 1. The van der Waals surface area contributed by atoms with Gasteiger partial charge >= 0.3 is 12.0 Å². The Hall–Kier alpha value is -1.79. The van der Waals surface area contributed by atoms with Gasteiger partial charge in [0.05, 0.1) is 0 Å². The molecule has 0 aliphatic heterocycles. The molecule has 2 atom stereocenters. The van der Waals surface area contributed by atoms with Gasteiger partial charge in [0.2, 0.25) is 5.91 Å². The van der Waals surface area contributed by atoms with E-state index < -0.39 is 24.5 Å². The van der Waals surface area contributed by atoms with E-state index in [9.17, 15) is 14.4 Å². The van der Waals surface area contributed by atoms with Crippen LogP contribution in [0, 0.1) is 5.92 Å². The molecule has 114 valence electrons. The Labute approximate surface area is 118 Å². The molecule has 0 bridgehead atoms. The summed E-state index contributed by atoms with van der Waals surface area (Å²) in [4.78, 5) is 34.7. The predicted octanol–water partition coefficient (Wildman–Crippen LogP) is 0.537. The normalized spacial score (nSPS) is 22.1. The molecule has 1 saturated carbocycles. The summed E-state index contributed by atoms with van der Waals surface area (Å²) in [7, 11) is 0. The number of rotatable bonds is 6. The van der Waals surface area contributed by atoms with Crippen molar-refractivity contribution in [2.75, 3.05) is 13.1 Å². The van der Waals surface area contributed by atoms with Crippen molar-refractivity contribution in [1.29, 1.82) is 0 Å². The van der Waals surface area contributed by atoms with Crippen LogP contribution in [0.15, 0.2) is 0 Å². The van der Waals surface area contributed by atoms with E-state index >= 15 is 0 Å². The van der Waals surface area contributed by atoms with Crippen molar-refractivity contribution < 1.29 is 19.5 Å². The molecular formula is C13H23N3O4. The number of nitrogens with zero attached hydrogens (tertiary/aromatic N) is 1. The van der Waals surface area contributed by atoms with Crippen LogP contribution < -0.4 is 11.1 Å². The molecule has 0 saturated heterocycles. The highest BCUT2D eigenvalue weighted by Gasteiger charge is 2.27. The Kier molecular flexibility index (Phi) is 6.27. The second-order valence-corrected chi connectivity index (χ2v) is 5.22. The number of hydrogen-bond acceptors (Lipinski definition) is 3. The summed E-state index contributed by atoms with van der Waals surface area (Å²) in [5, 5.41) is 11.6. The van der Waals surface area contributed by atoms with Gasteiger partial charge in [0.1, 0.15) is 13.1 Å². The molecule has 0 heterocycles. The van der Waals surface area contributed by atoms with Crippen molar-refractivity contribution in [2.45, 2.75) is 45.1 Å². The second-order valence-electron chi connectivity index (χ2n) is 5.22. The van der Waals surface area contributed by atoms with E-state index in [4.69, 9.17) is 10.8 Å². The summed E-state index contributed by atoms with van der Waals surface area (Å²) < 4.78 is 0. The van der Waals surface area contributed by atoms with Crippen LogP contribution in [0.5, 0.6) is 0 Å². The lowest BCUT2D eigenvalue weighted by Gasteiger charge is -2.33.